The van der Waals surface area contributed by atoms with E-state index in [1.807, 2.05) is 0 Å². The molecule has 0 aromatic heterocycles. The van der Waals surface area contributed by atoms with E-state index in [1.165, 1.54) is 108 Å². The van der Waals surface area contributed by atoms with Crippen LogP contribution in [0.3, 0.4) is 0 Å². The summed E-state index contributed by atoms with van der Waals surface area (Å²) in [6.45, 7) is 21.5. The van der Waals surface area contributed by atoms with E-state index >= 15 is 0 Å². The maximum absolute atomic E-state index is 6.94. The van der Waals surface area contributed by atoms with Crippen LogP contribution in [-0.4, -0.2) is 56.8 Å². The number of rotatable bonds is 29. The second-order valence-corrected chi connectivity index (χ2v) is 11.4. The second-order valence-electron chi connectivity index (χ2n) is 11.4. The predicted molar refractivity (Wildman–Crippen MR) is 164 cm³/mol. The smallest absolute Gasteiger partial charge is 0.386 e. The van der Waals surface area contributed by atoms with Crippen molar-refractivity contribution in [2.24, 2.45) is 0 Å². The molecule has 0 aliphatic rings. The van der Waals surface area contributed by atoms with Gasteiger partial charge in [-0.15, -0.1) is 0 Å². The average molecular weight is 527 g/mol. The molecule has 0 bridgehead atoms. The first-order valence-corrected chi connectivity index (χ1v) is 16.8. The Bertz CT molecular complexity index is 447. The van der Waals surface area contributed by atoms with Gasteiger partial charge in [-0.1, -0.05) is 113 Å². The van der Waals surface area contributed by atoms with Gasteiger partial charge in [0, 0.05) is 19.6 Å². The van der Waals surface area contributed by atoms with Crippen LogP contribution >= 0.6 is 0 Å². The van der Waals surface area contributed by atoms with Gasteiger partial charge in [0.2, 0.25) is 0 Å². The summed E-state index contributed by atoms with van der Waals surface area (Å²) in [6, 6.07) is 0.522. The summed E-state index contributed by atoms with van der Waals surface area (Å²) in [6.07, 6.45) is 22.4. The van der Waals surface area contributed by atoms with Gasteiger partial charge in [-0.25, -0.2) is 0 Å². The van der Waals surface area contributed by atoms with Crippen molar-refractivity contribution in [1.29, 1.82) is 0 Å². The molecule has 0 aliphatic carbocycles. The summed E-state index contributed by atoms with van der Waals surface area (Å²) >= 11 is 0. The van der Waals surface area contributed by atoms with E-state index in [4.69, 9.17) is 14.0 Å². The van der Waals surface area contributed by atoms with Gasteiger partial charge in [-0.2, -0.15) is 0 Å². The number of quaternary nitrogens is 1. The Labute approximate surface area is 234 Å². The first kappa shape index (κ1) is 36.9. The third-order valence-corrected chi connectivity index (χ3v) is 7.97. The lowest BCUT2D eigenvalue weighted by Crippen LogP contribution is -2.62. The summed E-state index contributed by atoms with van der Waals surface area (Å²) < 4.78 is 20.6. The standard InChI is InChI=1S/C32H69BNO3/c1-8-15-21-23-28-34(26-17-10-3,27-18-11-4)31(24-14-7)32(25-22-16-9-2)37-33(35-29-19-12-5)36-30-20-13-6/h31-32H,8-30H2,1-7H3/q+1. The van der Waals surface area contributed by atoms with E-state index in [0.29, 0.717) is 6.04 Å². The number of unbranched alkanes of at least 4 members (excludes halogenated alkanes) is 9. The molecule has 0 aliphatic heterocycles. The quantitative estimate of drug-likeness (QED) is 0.0551. The SMILES string of the molecule is CCCCCC[N+](CCCC)(CCCC)C(CCC)C(CCCCC)OB(OCCCC)OCCCC. The number of nitrogens with zero attached hydrogens (tertiary/aromatic N) is 1. The van der Waals surface area contributed by atoms with E-state index in [1.54, 1.807) is 0 Å². The molecule has 0 aromatic carbocycles. The summed E-state index contributed by atoms with van der Waals surface area (Å²) in [7, 11) is -0.525. The summed E-state index contributed by atoms with van der Waals surface area (Å²) in [5.74, 6) is 0. The topological polar surface area (TPSA) is 27.7 Å². The summed E-state index contributed by atoms with van der Waals surface area (Å²) in [4.78, 5) is 0. The van der Waals surface area contributed by atoms with Gasteiger partial charge in [0.15, 0.2) is 0 Å². The van der Waals surface area contributed by atoms with Crippen molar-refractivity contribution in [2.75, 3.05) is 32.8 Å². The van der Waals surface area contributed by atoms with E-state index in [2.05, 4.69) is 48.5 Å². The van der Waals surface area contributed by atoms with Gasteiger partial charge in [0.05, 0.1) is 25.7 Å². The third kappa shape index (κ3) is 17.3. The Morgan fingerprint density at radius 3 is 1.46 bits per heavy atom. The molecule has 0 saturated heterocycles. The van der Waals surface area contributed by atoms with Gasteiger partial charge in [-0.3, -0.25) is 0 Å². The van der Waals surface area contributed by atoms with Crippen LogP contribution in [0.2, 0.25) is 0 Å². The zero-order valence-corrected chi connectivity index (χ0v) is 26.7. The molecule has 0 N–H and O–H groups in total. The van der Waals surface area contributed by atoms with Crippen LogP contribution < -0.4 is 0 Å². The van der Waals surface area contributed by atoms with Crippen molar-refractivity contribution in [2.45, 2.75) is 176 Å². The molecule has 0 heterocycles. The monoisotopic (exact) mass is 527 g/mol. The van der Waals surface area contributed by atoms with E-state index in [0.717, 1.165) is 45.3 Å². The first-order chi connectivity index (χ1) is 18.1. The lowest BCUT2D eigenvalue weighted by atomic mass is 9.92. The van der Waals surface area contributed by atoms with Crippen molar-refractivity contribution >= 4 is 7.32 Å². The lowest BCUT2D eigenvalue weighted by molar-refractivity contribution is -0.955. The van der Waals surface area contributed by atoms with Crippen LogP contribution in [0.1, 0.15) is 164 Å². The Morgan fingerprint density at radius 1 is 0.486 bits per heavy atom. The molecule has 0 amide bonds. The Morgan fingerprint density at radius 2 is 0.973 bits per heavy atom. The van der Waals surface area contributed by atoms with Gasteiger partial charge in [-0.05, 0) is 44.9 Å². The molecule has 5 heteroatoms. The maximum Gasteiger partial charge on any atom is 0.639 e. The summed E-state index contributed by atoms with van der Waals surface area (Å²) in [5.41, 5.74) is 0. The lowest BCUT2D eigenvalue weighted by Gasteiger charge is -2.49. The summed E-state index contributed by atoms with van der Waals surface area (Å²) in [5, 5.41) is 0. The van der Waals surface area contributed by atoms with Crippen LogP contribution in [0.5, 0.6) is 0 Å². The zero-order chi connectivity index (χ0) is 27.6. The van der Waals surface area contributed by atoms with Gasteiger partial charge in [0.25, 0.3) is 0 Å². The highest BCUT2D eigenvalue weighted by atomic mass is 16.7. The zero-order valence-electron chi connectivity index (χ0n) is 26.7. The molecule has 2 atom stereocenters. The third-order valence-electron chi connectivity index (χ3n) is 7.97. The van der Waals surface area contributed by atoms with Crippen LogP contribution in [0.25, 0.3) is 0 Å². The molecule has 0 saturated carbocycles. The Balaban J connectivity index is 6.14. The molecule has 222 valence electrons. The van der Waals surface area contributed by atoms with Gasteiger partial charge >= 0.3 is 7.32 Å². The minimum Gasteiger partial charge on any atom is -0.386 e. The van der Waals surface area contributed by atoms with E-state index in [9.17, 15) is 0 Å². The molecule has 4 nitrogen and oxygen atoms in total. The molecule has 2 unspecified atom stereocenters. The Hall–Kier alpha value is -0.0951. The normalized spacial score (nSPS) is 13.7. The minimum absolute atomic E-state index is 0.194. The molecule has 0 rings (SSSR count). The fourth-order valence-corrected chi connectivity index (χ4v) is 5.60. The second kappa shape index (κ2) is 26.1. The Kier molecular flexibility index (Phi) is 26.1. The highest BCUT2D eigenvalue weighted by Gasteiger charge is 2.42. The molecular formula is C32H69BNO3+. The van der Waals surface area contributed by atoms with Crippen molar-refractivity contribution in [3.05, 3.63) is 0 Å². The molecule has 0 spiro atoms. The molecular weight excluding hydrogens is 457 g/mol. The van der Waals surface area contributed by atoms with Gasteiger partial charge in [0.1, 0.15) is 6.04 Å². The molecule has 0 aromatic rings. The first-order valence-electron chi connectivity index (χ1n) is 16.8. The van der Waals surface area contributed by atoms with Crippen molar-refractivity contribution in [3.63, 3.8) is 0 Å². The van der Waals surface area contributed by atoms with Crippen molar-refractivity contribution < 1.29 is 18.4 Å². The highest BCUT2D eigenvalue weighted by molar-refractivity contribution is 6.36. The van der Waals surface area contributed by atoms with Crippen LogP contribution in [0, 0.1) is 0 Å². The largest absolute Gasteiger partial charge is 0.639 e. The highest BCUT2D eigenvalue weighted by Crippen LogP contribution is 2.30. The average Bonchev–Trinajstić information content (AvgIpc) is 2.90. The van der Waals surface area contributed by atoms with Crippen LogP contribution in [0.4, 0.5) is 0 Å². The predicted octanol–water partition coefficient (Wildman–Crippen LogP) is 9.74. The van der Waals surface area contributed by atoms with E-state index < -0.39 is 7.32 Å². The van der Waals surface area contributed by atoms with Crippen LogP contribution in [0.15, 0.2) is 0 Å². The number of hydrogen-bond donors (Lipinski definition) is 0. The molecule has 0 radical (unpaired) electrons. The van der Waals surface area contributed by atoms with Crippen molar-refractivity contribution in [1.82, 2.24) is 0 Å². The number of hydrogen-bond acceptors (Lipinski definition) is 3. The van der Waals surface area contributed by atoms with Crippen molar-refractivity contribution in [3.8, 4) is 0 Å². The van der Waals surface area contributed by atoms with E-state index in [-0.39, 0.29) is 6.10 Å². The minimum atomic E-state index is -0.525. The van der Waals surface area contributed by atoms with Gasteiger partial charge < -0.3 is 18.4 Å². The maximum atomic E-state index is 6.94. The molecule has 0 fully saturated rings. The van der Waals surface area contributed by atoms with Crippen LogP contribution in [-0.2, 0) is 14.0 Å². The fraction of sp³-hybridized carbons (Fsp3) is 1.00. The molecule has 37 heavy (non-hydrogen) atoms. The fourth-order valence-electron chi connectivity index (χ4n) is 5.60.